The van der Waals surface area contributed by atoms with Crippen molar-refractivity contribution in [2.24, 2.45) is 0 Å². The minimum atomic E-state index is 0.522. The zero-order chi connectivity index (χ0) is 17.5. The molecule has 0 aliphatic heterocycles. The molecule has 0 fully saturated rings. The third kappa shape index (κ3) is 5.00. The summed E-state index contributed by atoms with van der Waals surface area (Å²) in [5.41, 5.74) is 2.08. The molecule has 0 radical (unpaired) electrons. The number of rotatable bonds is 8. The maximum Gasteiger partial charge on any atom is 0.257 e. The van der Waals surface area contributed by atoms with Crippen molar-refractivity contribution >= 4 is 11.8 Å². The number of nitrogens with zero attached hydrogens (tertiary/aromatic N) is 2. The summed E-state index contributed by atoms with van der Waals surface area (Å²) < 4.78 is 16.2. The number of aromatic nitrogens is 2. The highest BCUT2D eigenvalue weighted by Crippen LogP contribution is 2.21. The van der Waals surface area contributed by atoms with Gasteiger partial charge in [-0.25, -0.2) is 0 Å². The van der Waals surface area contributed by atoms with Crippen LogP contribution in [-0.4, -0.2) is 29.6 Å². The summed E-state index contributed by atoms with van der Waals surface area (Å²) in [4.78, 5) is 4.42. The molecule has 1 heterocycles. The number of thioether (sulfide) groups is 1. The van der Waals surface area contributed by atoms with Gasteiger partial charge < -0.3 is 14.0 Å². The van der Waals surface area contributed by atoms with Crippen LogP contribution in [0, 0.1) is 6.92 Å². The molecule has 0 atom stereocenters. The van der Waals surface area contributed by atoms with Gasteiger partial charge in [-0.3, -0.25) is 0 Å². The lowest BCUT2D eigenvalue weighted by molar-refractivity contribution is 0.343. The summed E-state index contributed by atoms with van der Waals surface area (Å²) in [5.74, 6) is 4.47. The molecule has 0 bridgehead atoms. The number of aryl methyl sites for hydroxylation is 1. The van der Waals surface area contributed by atoms with E-state index in [-0.39, 0.29) is 0 Å². The number of benzene rings is 2. The Labute approximate surface area is 151 Å². The van der Waals surface area contributed by atoms with Crippen molar-refractivity contribution in [3.05, 3.63) is 59.9 Å². The van der Waals surface area contributed by atoms with Crippen molar-refractivity contribution in [1.29, 1.82) is 0 Å². The lowest BCUT2D eigenvalue weighted by atomic mass is 10.2. The Bertz CT molecular complexity index is 802. The first-order valence-electron chi connectivity index (χ1n) is 7.99. The molecule has 0 aliphatic carbocycles. The maximum atomic E-state index is 5.72. The second kappa shape index (κ2) is 8.58. The van der Waals surface area contributed by atoms with Gasteiger partial charge in [0.1, 0.15) is 11.5 Å². The van der Waals surface area contributed by atoms with Crippen LogP contribution in [0.5, 0.6) is 11.5 Å². The van der Waals surface area contributed by atoms with Gasteiger partial charge in [0, 0.05) is 11.3 Å². The third-order valence-corrected chi connectivity index (χ3v) is 4.44. The highest BCUT2D eigenvalue weighted by atomic mass is 32.2. The first-order valence-corrected chi connectivity index (χ1v) is 9.14. The third-order valence-electron chi connectivity index (χ3n) is 3.52. The predicted octanol–water partition coefficient (Wildman–Crippen LogP) is 4.37. The van der Waals surface area contributed by atoms with Gasteiger partial charge in [-0.1, -0.05) is 17.3 Å². The van der Waals surface area contributed by atoms with Gasteiger partial charge in [0.2, 0.25) is 0 Å². The molecule has 0 saturated heterocycles. The van der Waals surface area contributed by atoms with E-state index in [2.05, 4.69) is 23.1 Å². The molecule has 0 aliphatic rings. The molecule has 5 nitrogen and oxygen atoms in total. The van der Waals surface area contributed by atoms with Gasteiger partial charge >= 0.3 is 0 Å². The van der Waals surface area contributed by atoms with E-state index in [1.807, 2.05) is 42.5 Å². The molecule has 2 aromatic carbocycles. The van der Waals surface area contributed by atoms with Crippen molar-refractivity contribution in [2.75, 3.05) is 19.5 Å². The molecule has 0 spiro atoms. The Morgan fingerprint density at radius 2 is 1.92 bits per heavy atom. The quantitative estimate of drug-likeness (QED) is 0.559. The van der Waals surface area contributed by atoms with E-state index in [0.29, 0.717) is 24.1 Å². The van der Waals surface area contributed by atoms with Gasteiger partial charge in [0.15, 0.2) is 5.82 Å². The van der Waals surface area contributed by atoms with Crippen LogP contribution < -0.4 is 9.47 Å². The van der Waals surface area contributed by atoms with E-state index in [0.717, 1.165) is 22.8 Å². The van der Waals surface area contributed by atoms with Gasteiger partial charge in [-0.15, -0.1) is 0 Å². The number of hydrogen-bond acceptors (Lipinski definition) is 6. The SMILES string of the molecule is COc1ccc(-c2nc(CSCCOc3cccc(C)c3)no2)cc1. The first kappa shape index (κ1) is 17.4. The van der Waals surface area contributed by atoms with Crippen LogP contribution in [0.25, 0.3) is 11.5 Å². The van der Waals surface area contributed by atoms with Crippen LogP contribution in [0.1, 0.15) is 11.4 Å². The molecular formula is C19H20N2O3S. The van der Waals surface area contributed by atoms with E-state index in [9.17, 15) is 0 Å². The standard InChI is InChI=1S/C19H20N2O3S/c1-14-4-3-5-17(12-14)23-10-11-25-13-18-20-19(24-21-18)15-6-8-16(22-2)9-7-15/h3-9,12H,10-11,13H2,1-2H3. The molecular weight excluding hydrogens is 336 g/mol. The first-order chi connectivity index (χ1) is 12.2. The van der Waals surface area contributed by atoms with E-state index >= 15 is 0 Å². The normalized spacial score (nSPS) is 10.6. The fourth-order valence-electron chi connectivity index (χ4n) is 2.25. The monoisotopic (exact) mass is 356 g/mol. The fraction of sp³-hybridized carbons (Fsp3) is 0.263. The molecule has 0 unspecified atom stereocenters. The Kier molecular flexibility index (Phi) is 5.95. The average molecular weight is 356 g/mol. The molecule has 3 rings (SSSR count). The summed E-state index contributed by atoms with van der Waals surface area (Å²) in [6.45, 7) is 2.70. The van der Waals surface area contributed by atoms with E-state index in [1.54, 1.807) is 18.9 Å². The van der Waals surface area contributed by atoms with Crippen molar-refractivity contribution < 1.29 is 14.0 Å². The zero-order valence-corrected chi connectivity index (χ0v) is 15.1. The Hall–Kier alpha value is -2.47. The highest BCUT2D eigenvalue weighted by Gasteiger charge is 2.09. The zero-order valence-electron chi connectivity index (χ0n) is 14.3. The minimum absolute atomic E-state index is 0.522. The second-order valence-electron chi connectivity index (χ2n) is 5.46. The Morgan fingerprint density at radius 1 is 1.08 bits per heavy atom. The van der Waals surface area contributed by atoms with E-state index < -0.39 is 0 Å². The van der Waals surface area contributed by atoms with Crippen LogP contribution in [0.15, 0.2) is 53.1 Å². The molecule has 25 heavy (non-hydrogen) atoms. The van der Waals surface area contributed by atoms with Crippen LogP contribution in [0.3, 0.4) is 0 Å². The molecule has 0 saturated carbocycles. The minimum Gasteiger partial charge on any atom is -0.497 e. The van der Waals surface area contributed by atoms with Gasteiger partial charge in [-0.2, -0.15) is 16.7 Å². The van der Waals surface area contributed by atoms with E-state index in [1.165, 1.54) is 5.56 Å². The summed E-state index contributed by atoms with van der Waals surface area (Å²) in [7, 11) is 1.64. The molecule has 0 N–H and O–H groups in total. The lowest BCUT2D eigenvalue weighted by Crippen LogP contribution is -2.00. The molecule has 1 aromatic heterocycles. The van der Waals surface area contributed by atoms with Crippen molar-refractivity contribution in [1.82, 2.24) is 10.1 Å². The number of hydrogen-bond donors (Lipinski definition) is 0. The van der Waals surface area contributed by atoms with Gasteiger partial charge in [0.25, 0.3) is 5.89 Å². The van der Waals surface area contributed by atoms with Crippen LogP contribution >= 0.6 is 11.8 Å². The van der Waals surface area contributed by atoms with Gasteiger partial charge in [0.05, 0.1) is 19.5 Å². The summed E-state index contributed by atoms with van der Waals surface area (Å²) >= 11 is 1.71. The smallest absolute Gasteiger partial charge is 0.257 e. The molecule has 6 heteroatoms. The summed E-state index contributed by atoms with van der Waals surface area (Å²) in [6.07, 6.45) is 0. The average Bonchev–Trinajstić information content (AvgIpc) is 3.10. The largest absolute Gasteiger partial charge is 0.497 e. The molecule has 3 aromatic rings. The lowest BCUT2D eigenvalue weighted by Gasteiger charge is -2.05. The fourth-order valence-corrected chi connectivity index (χ4v) is 2.90. The molecule has 0 amide bonds. The highest BCUT2D eigenvalue weighted by molar-refractivity contribution is 7.98. The van der Waals surface area contributed by atoms with Gasteiger partial charge in [-0.05, 0) is 48.9 Å². The molecule has 130 valence electrons. The van der Waals surface area contributed by atoms with Crippen LogP contribution in [0.4, 0.5) is 0 Å². The number of ether oxygens (including phenoxy) is 2. The van der Waals surface area contributed by atoms with Crippen molar-refractivity contribution in [2.45, 2.75) is 12.7 Å². The summed E-state index contributed by atoms with van der Waals surface area (Å²) in [6, 6.07) is 15.6. The van der Waals surface area contributed by atoms with Crippen molar-refractivity contribution in [3.8, 4) is 23.0 Å². The Balaban J connectivity index is 1.44. The topological polar surface area (TPSA) is 57.4 Å². The van der Waals surface area contributed by atoms with Crippen LogP contribution in [-0.2, 0) is 5.75 Å². The maximum absolute atomic E-state index is 5.72. The van der Waals surface area contributed by atoms with Crippen LogP contribution in [0.2, 0.25) is 0 Å². The summed E-state index contributed by atoms with van der Waals surface area (Å²) in [5, 5.41) is 4.02. The van der Waals surface area contributed by atoms with E-state index in [4.69, 9.17) is 14.0 Å². The Morgan fingerprint density at radius 3 is 2.68 bits per heavy atom. The second-order valence-corrected chi connectivity index (χ2v) is 6.57. The number of methoxy groups -OCH3 is 1. The van der Waals surface area contributed by atoms with Crippen molar-refractivity contribution in [3.63, 3.8) is 0 Å². The predicted molar refractivity (Wildman–Crippen MR) is 99.1 cm³/mol.